The first-order valence-corrected chi connectivity index (χ1v) is 8.42. The van der Waals surface area contributed by atoms with Crippen molar-refractivity contribution in [1.29, 1.82) is 0 Å². The Labute approximate surface area is 117 Å². The van der Waals surface area contributed by atoms with Gasteiger partial charge in [0.2, 0.25) is 0 Å². The molecule has 1 fully saturated rings. The van der Waals surface area contributed by atoms with Gasteiger partial charge in [0, 0.05) is 30.9 Å². The third-order valence-electron chi connectivity index (χ3n) is 4.65. The lowest BCUT2D eigenvalue weighted by Gasteiger charge is -2.50. The van der Waals surface area contributed by atoms with E-state index in [1.54, 1.807) is 0 Å². The Balaban J connectivity index is 2.54. The molecule has 1 saturated heterocycles. The van der Waals surface area contributed by atoms with Crippen molar-refractivity contribution < 1.29 is 0 Å². The second-order valence-electron chi connectivity index (χ2n) is 5.93. The average Bonchev–Trinajstić information content (AvgIpc) is 2.36. The highest BCUT2D eigenvalue weighted by molar-refractivity contribution is 7.99. The number of likely N-dealkylation sites (N-methyl/N-ethyl adjacent to an activating group) is 1. The van der Waals surface area contributed by atoms with Crippen LogP contribution >= 0.6 is 11.8 Å². The topological polar surface area (TPSA) is 41.3 Å². The predicted molar refractivity (Wildman–Crippen MR) is 83.3 cm³/mol. The highest BCUT2D eigenvalue weighted by atomic mass is 32.2. The summed E-state index contributed by atoms with van der Waals surface area (Å²) in [6.45, 7) is 14.3. The summed E-state index contributed by atoms with van der Waals surface area (Å²) in [5, 5.41) is 3.79. The smallest absolute Gasteiger partial charge is 0.0447 e. The Hall–Kier alpha value is 0.230. The molecule has 0 aliphatic carbocycles. The lowest BCUT2D eigenvalue weighted by molar-refractivity contribution is 0.132. The third-order valence-corrected chi connectivity index (χ3v) is 5.84. The van der Waals surface area contributed by atoms with Crippen LogP contribution in [0.25, 0.3) is 0 Å². The van der Waals surface area contributed by atoms with Gasteiger partial charge in [-0.2, -0.15) is 11.8 Å². The lowest BCUT2D eigenvalue weighted by atomic mass is 9.71. The molecule has 108 valence electrons. The molecule has 3 nitrogen and oxygen atoms in total. The van der Waals surface area contributed by atoms with E-state index in [1.807, 2.05) is 11.8 Å². The van der Waals surface area contributed by atoms with Crippen LogP contribution in [0.1, 0.15) is 34.1 Å². The Morgan fingerprint density at radius 3 is 2.44 bits per heavy atom. The van der Waals surface area contributed by atoms with Crippen molar-refractivity contribution in [2.24, 2.45) is 11.1 Å². The van der Waals surface area contributed by atoms with E-state index in [4.69, 9.17) is 5.73 Å². The molecule has 1 heterocycles. The molecule has 1 rings (SSSR count). The van der Waals surface area contributed by atoms with Gasteiger partial charge in [-0.05, 0) is 30.7 Å². The Morgan fingerprint density at radius 1 is 1.28 bits per heavy atom. The molecule has 0 saturated carbocycles. The highest BCUT2D eigenvalue weighted by Gasteiger charge is 2.45. The number of thioether (sulfide) groups is 1. The second-order valence-corrected chi connectivity index (χ2v) is 7.03. The molecule has 4 heteroatoms. The van der Waals surface area contributed by atoms with Crippen molar-refractivity contribution in [3.05, 3.63) is 0 Å². The van der Waals surface area contributed by atoms with Crippen LogP contribution in [0.2, 0.25) is 0 Å². The molecule has 1 aliphatic rings. The van der Waals surface area contributed by atoms with E-state index >= 15 is 0 Å². The van der Waals surface area contributed by atoms with Crippen molar-refractivity contribution in [3.8, 4) is 0 Å². The van der Waals surface area contributed by atoms with Gasteiger partial charge in [0.25, 0.3) is 0 Å². The summed E-state index contributed by atoms with van der Waals surface area (Å²) in [6, 6.07) is 0. The van der Waals surface area contributed by atoms with Gasteiger partial charge < -0.3 is 16.0 Å². The van der Waals surface area contributed by atoms with E-state index in [0.29, 0.717) is 5.41 Å². The van der Waals surface area contributed by atoms with Crippen molar-refractivity contribution in [1.82, 2.24) is 10.2 Å². The van der Waals surface area contributed by atoms with Crippen LogP contribution < -0.4 is 11.1 Å². The van der Waals surface area contributed by atoms with Crippen molar-refractivity contribution >= 4 is 11.8 Å². The minimum absolute atomic E-state index is 0.114. The molecule has 1 atom stereocenters. The largest absolute Gasteiger partial charge is 0.329 e. The monoisotopic (exact) mass is 273 g/mol. The quantitative estimate of drug-likeness (QED) is 0.742. The van der Waals surface area contributed by atoms with Gasteiger partial charge in [0.15, 0.2) is 0 Å². The van der Waals surface area contributed by atoms with Crippen LogP contribution in [-0.2, 0) is 0 Å². The summed E-state index contributed by atoms with van der Waals surface area (Å²) >= 11 is 2.04. The zero-order valence-electron chi connectivity index (χ0n) is 12.6. The molecule has 0 radical (unpaired) electrons. The van der Waals surface area contributed by atoms with Crippen LogP contribution in [0.4, 0.5) is 0 Å². The molecular formula is C14H31N3S. The predicted octanol–water partition coefficient (Wildman–Crippen LogP) is 1.78. The van der Waals surface area contributed by atoms with E-state index in [9.17, 15) is 0 Å². The van der Waals surface area contributed by atoms with Crippen LogP contribution in [0, 0.1) is 5.41 Å². The van der Waals surface area contributed by atoms with Gasteiger partial charge in [-0.15, -0.1) is 0 Å². The molecule has 1 aliphatic heterocycles. The molecule has 18 heavy (non-hydrogen) atoms. The van der Waals surface area contributed by atoms with Gasteiger partial charge in [0.1, 0.15) is 0 Å². The van der Waals surface area contributed by atoms with E-state index in [-0.39, 0.29) is 5.54 Å². The van der Waals surface area contributed by atoms with Crippen LogP contribution in [0.5, 0.6) is 0 Å². The number of hydrogen-bond acceptors (Lipinski definition) is 4. The maximum Gasteiger partial charge on any atom is 0.0447 e. The standard InChI is InChI=1S/C14H31N3S/c1-5-17(6-2)9-8-16-14(11-15)12-18-10-7-13(14,3)4/h16H,5-12,15H2,1-4H3. The van der Waals surface area contributed by atoms with Crippen LogP contribution in [0.15, 0.2) is 0 Å². The first-order valence-electron chi connectivity index (χ1n) is 7.26. The first-order chi connectivity index (χ1) is 8.51. The van der Waals surface area contributed by atoms with E-state index in [2.05, 4.69) is 37.9 Å². The molecular weight excluding hydrogens is 242 g/mol. The van der Waals surface area contributed by atoms with Gasteiger partial charge >= 0.3 is 0 Å². The van der Waals surface area contributed by atoms with E-state index in [1.165, 1.54) is 12.2 Å². The molecule has 0 bridgehead atoms. The fraction of sp³-hybridized carbons (Fsp3) is 1.00. The minimum atomic E-state index is 0.114. The summed E-state index contributed by atoms with van der Waals surface area (Å²) in [5.41, 5.74) is 6.52. The van der Waals surface area contributed by atoms with Gasteiger partial charge in [-0.1, -0.05) is 27.7 Å². The maximum absolute atomic E-state index is 6.11. The van der Waals surface area contributed by atoms with Crippen LogP contribution in [0.3, 0.4) is 0 Å². The molecule has 0 aromatic heterocycles. The Kier molecular flexibility index (Phi) is 6.45. The van der Waals surface area contributed by atoms with Gasteiger partial charge in [0.05, 0.1) is 0 Å². The summed E-state index contributed by atoms with van der Waals surface area (Å²) in [5.74, 6) is 2.42. The number of nitrogens with zero attached hydrogens (tertiary/aromatic N) is 1. The molecule has 0 amide bonds. The van der Waals surface area contributed by atoms with Crippen LogP contribution in [-0.4, -0.2) is 54.7 Å². The Bertz CT molecular complexity index is 241. The molecule has 0 aromatic rings. The highest BCUT2D eigenvalue weighted by Crippen LogP contribution is 2.41. The normalized spacial score (nSPS) is 27.7. The zero-order chi connectivity index (χ0) is 13.6. The molecule has 0 spiro atoms. The zero-order valence-corrected chi connectivity index (χ0v) is 13.4. The fourth-order valence-electron chi connectivity index (χ4n) is 2.70. The van der Waals surface area contributed by atoms with Gasteiger partial charge in [-0.25, -0.2) is 0 Å². The summed E-state index contributed by atoms with van der Waals surface area (Å²) in [7, 11) is 0. The molecule has 3 N–H and O–H groups in total. The number of nitrogens with two attached hydrogens (primary N) is 1. The second kappa shape index (κ2) is 7.13. The summed E-state index contributed by atoms with van der Waals surface area (Å²) < 4.78 is 0. The minimum Gasteiger partial charge on any atom is -0.329 e. The average molecular weight is 273 g/mol. The van der Waals surface area contributed by atoms with Gasteiger partial charge in [-0.3, -0.25) is 0 Å². The number of nitrogens with one attached hydrogen (secondary N) is 1. The first kappa shape index (κ1) is 16.3. The fourth-order valence-corrected chi connectivity index (χ4v) is 4.46. The SMILES string of the molecule is CCN(CC)CCNC1(CN)CSCCC1(C)C. The summed E-state index contributed by atoms with van der Waals surface area (Å²) in [4.78, 5) is 2.46. The number of rotatable bonds is 7. The lowest BCUT2D eigenvalue weighted by Crippen LogP contribution is -2.65. The number of hydrogen-bond donors (Lipinski definition) is 2. The van der Waals surface area contributed by atoms with Crippen molar-refractivity contribution in [2.45, 2.75) is 39.7 Å². The maximum atomic E-state index is 6.11. The molecule has 1 unspecified atom stereocenters. The third kappa shape index (κ3) is 3.62. The summed E-state index contributed by atoms with van der Waals surface area (Å²) in [6.07, 6.45) is 1.26. The molecule has 0 aromatic carbocycles. The van der Waals surface area contributed by atoms with Crippen molar-refractivity contribution in [2.75, 3.05) is 44.2 Å². The van der Waals surface area contributed by atoms with E-state index < -0.39 is 0 Å². The van der Waals surface area contributed by atoms with Crippen molar-refractivity contribution in [3.63, 3.8) is 0 Å². The Morgan fingerprint density at radius 2 is 1.94 bits per heavy atom. The van der Waals surface area contributed by atoms with E-state index in [0.717, 1.165) is 38.5 Å².